The van der Waals surface area contributed by atoms with E-state index in [-0.39, 0.29) is 6.10 Å². The van der Waals surface area contributed by atoms with E-state index < -0.39 is 11.4 Å². The van der Waals surface area contributed by atoms with Crippen LogP contribution in [-0.2, 0) is 4.79 Å². The zero-order valence-corrected chi connectivity index (χ0v) is 8.85. The first-order chi connectivity index (χ1) is 7.09. The van der Waals surface area contributed by atoms with Crippen LogP contribution in [0.15, 0.2) is 0 Å². The highest BCUT2D eigenvalue weighted by molar-refractivity contribution is 5.75. The van der Waals surface area contributed by atoms with Crippen molar-refractivity contribution in [3.05, 3.63) is 0 Å². The molecule has 3 nitrogen and oxygen atoms in total. The zero-order valence-electron chi connectivity index (χ0n) is 8.85. The third-order valence-electron chi connectivity index (χ3n) is 4.90. The number of carboxylic acids is 1. The summed E-state index contributed by atoms with van der Waals surface area (Å²) < 4.78 is 0. The van der Waals surface area contributed by atoms with Gasteiger partial charge in [-0.05, 0) is 56.3 Å². The second kappa shape index (κ2) is 2.97. The SMILES string of the molecule is O=C(O)C12CC3CC(CC(C3)C(O)C1)C2. The smallest absolute Gasteiger partial charge is 0.309 e. The number of fused-ring (bicyclic) bond motifs is 1. The molecule has 4 fully saturated rings. The Hall–Kier alpha value is -0.570. The van der Waals surface area contributed by atoms with E-state index >= 15 is 0 Å². The average Bonchev–Trinajstić information content (AvgIpc) is 2.29. The van der Waals surface area contributed by atoms with Crippen molar-refractivity contribution in [2.75, 3.05) is 0 Å². The second-order valence-electron chi connectivity index (χ2n) is 5.96. The highest BCUT2D eigenvalue weighted by Crippen LogP contribution is 2.57. The Kier molecular flexibility index (Phi) is 1.91. The van der Waals surface area contributed by atoms with Gasteiger partial charge < -0.3 is 10.2 Å². The van der Waals surface area contributed by atoms with Gasteiger partial charge in [0.25, 0.3) is 0 Å². The standard InChI is InChI=1S/C12H18O3/c13-10-6-12(11(14)15)4-7-1-8(5-12)3-9(10)2-7/h7-10,13H,1-6H2,(H,14,15). The maximum atomic E-state index is 11.4. The van der Waals surface area contributed by atoms with Crippen LogP contribution in [0.1, 0.15) is 38.5 Å². The summed E-state index contributed by atoms with van der Waals surface area (Å²) in [5, 5.41) is 19.5. The van der Waals surface area contributed by atoms with Crippen LogP contribution in [0.2, 0.25) is 0 Å². The molecule has 4 aliphatic carbocycles. The first-order valence-electron chi connectivity index (χ1n) is 6.00. The molecule has 0 aromatic carbocycles. The molecule has 4 bridgehead atoms. The molecule has 3 atom stereocenters. The predicted octanol–water partition coefficient (Wildman–Crippen LogP) is 1.65. The lowest BCUT2D eigenvalue weighted by Gasteiger charge is -2.42. The topological polar surface area (TPSA) is 57.5 Å². The summed E-state index contributed by atoms with van der Waals surface area (Å²) in [7, 11) is 0. The van der Waals surface area contributed by atoms with Crippen LogP contribution in [0.25, 0.3) is 0 Å². The van der Waals surface area contributed by atoms with Crippen LogP contribution in [0.3, 0.4) is 0 Å². The lowest BCUT2D eigenvalue weighted by Crippen LogP contribution is -2.39. The van der Waals surface area contributed by atoms with E-state index in [0.717, 1.165) is 25.7 Å². The fourth-order valence-corrected chi connectivity index (χ4v) is 4.45. The molecule has 4 saturated carbocycles. The Labute approximate surface area is 89.5 Å². The maximum absolute atomic E-state index is 11.4. The van der Waals surface area contributed by atoms with Crippen molar-refractivity contribution in [3.8, 4) is 0 Å². The Bertz CT molecular complexity index is 285. The number of aliphatic hydroxyl groups is 1. The summed E-state index contributed by atoms with van der Waals surface area (Å²) in [4.78, 5) is 11.4. The van der Waals surface area contributed by atoms with Crippen molar-refractivity contribution in [3.63, 3.8) is 0 Å². The van der Waals surface area contributed by atoms with E-state index in [9.17, 15) is 15.0 Å². The minimum atomic E-state index is -0.668. The zero-order chi connectivity index (χ0) is 10.6. The Morgan fingerprint density at radius 3 is 2.20 bits per heavy atom. The van der Waals surface area contributed by atoms with E-state index in [2.05, 4.69) is 0 Å². The molecule has 0 radical (unpaired) electrons. The minimum Gasteiger partial charge on any atom is -0.481 e. The normalized spacial score (nSPS) is 52.9. The molecule has 0 aromatic heterocycles. The molecule has 0 spiro atoms. The maximum Gasteiger partial charge on any atom is 0.309 e. The Morgan fingerprint density at radius 1 is 1.07 bits per heavy atom. The van der Waals surface area contributed by atoms with Gasteiger partial charge in [-0.15, -0.1) is 0 Å². The molecular formula is C12H18O3. The van der Waals surface area contributed by atoms with Crippen molar-refractivity contribution >= 4 is 5.97 Å². The number of aliphatic carboxylic acids is 1. The first-order valence-corrected chi connectivity index (χ1v) is 6.00. The quantitative estimate of drug-likeness (QED) is 0.692. The van der Waals surface area contributed by atoms with Gasteiger partial charge >= 0.3 is 5.97 Å². The molecule has 4 aliphatic rings. The number of rotatable bonds is 1. The monoisotopic (exact) mass is 210 g/mol. The van der Waals surface area contributed by atoms with Crippen LogP contribution >= 0.6 is 0 Å². The van der Waals surface area contributed by atoms with Gasteiger partial charge in [-0.3, -0.25) is 4.79 Å². The largest absolute Gasteiger partial charge is 0.481 e. The van der Waals surface area contributed by atoms with Crippen LogP contribution in [-0.4, -0.2) is 22.3 Å². The molecule has 0 heterocycles. The number of carboxylic acid groups (broad SMARTS) is 1. The second-order valence-corrected chi connectivity index (χ2v) is 5.96. The van der Waals surface area contributed by atoms with E-state index in [1.807, 2.05) is 0 Å². The predicted molar refractivity (Wildman–Crippen MR) is 54.2 cm³/mol. The van der Waals surface area contributed by atoms with E-state index in [1.54, 1.807) is 0 Å². The fraction of sp³-hybridized carbons (Fsp3) is 0.917. The highest BCUT2D eigenvalue weighted by atomic mass is 16.4. The summed E-state index contributed by atoms with van der Waals surface area (Å²) in [5.74, 6) is 0.850. The van der Waals surface area contributed by atoms with Crippen molar-refractivity contribution in [1.82, 2.24) is 0 Å². The van der Waals surface area contributed by atoms with Crippen molar-refractivity contribution in [1.29, 1.82) is 0 Å². The van der Waals surface area contributed by atoms with Gasteiger partial charge in [-0.1, -0.05) is 0 Å². The van der Waals surface area contributed by atoms with E-state index in [0.29, 0.717) is 24.2 Å². The fourth-order valence-electron chi connectivity index (χ4n) is 4.45. The van der Waals surface area contributed by atoms with Crippen molar-refractivity contribution in [2.45, 2.75) is 44.6 Å². The molecular weight excluding hydrogens is 192 g/mol. The van der Waals surface area contributed by atoms with Gasteiger partial charge in [0.2, 0.25) is 0 Å². The molecule has 4 rings (SSSR count). The Morgan fingerprint density at radius 2 is 1.67 bits per heavy atom. The van der Waals surface area contributed by atoms with Crippen LogP contribution in [0.5, 0.6) is 0 Å². The first kappa shape index (κ1) is 9.64. The number of hydrogen-bond donors (Lipinski definition) is 2. The van der Waals surface area contributed by atoms with Crippen molar-refractivity contribution in [2.24, 2.45) is 23.2 Å². The number of carbonyl (C=O) groups is 1. The number of hydrogen-bond acceptors (Lipinski definition) is 2. The Balaban J connectivity index is 2.00. The van der Waals surface area contributed by atoms with Crippen LogP contribution in [0, 0.1) is 23.2 Å². The molecule has 84 valence electrons. The van der Waals surface area contributed by atoms with Crippen LogP contribution < -0.4 is 0 Å². The molecule has 2 N–H and O–H groups in total. The van der Waals surface area contributed by atoms with Gasteiger partial charge in [0.15, 0.2) is 0 Å². The molecule has 0 amide bonds. The van der Waals surface area contributed by atoms with E-state index in [4.69, 9.17) is 0 Å². The van der Waals surface area contributed by atoms with Crippen molar-refractivity contribution < 1.29 is 15.0 Å². The lowest BCUT2D eigenvalue weighted by atomic mass is 9.61. The summed E-state index contributed by atoms with van der Waals surface area (Å²) in [6.07, 6.45) is 5.09. The summed E-state index contributed by atoms with van der Waals surface area (Å²) in [6, 6.07) is 0. The lowest BCUT2D eigenvalue weighted by molar-refractivity contribution is -0.154. The molecule has 0 aliphatic heterocycles. The van der Waals surface area contributed by atoms with Gasteiger partial charge in [0.1, 0.15) is 0 Å². The third-order valence-corrected chi connectivity index (χ3v) is 4.90. The van der Waals surface area contributed by atoms with Gasteiger partial charge in [-0.2, -0.15) is 0 Å². The highest BCUT2D eigenvalue weighted by Gasteiger charge is 2.54. The van der Waals surface area contributed by atoms with Gasteiger partial charge in [0, 0.05) is 0 Å². The molecule has 0 aromatic rings. The summed E-state index contributed by atoms with van der Waals surface area (Å²) in [6.45, 7) is 0. The number of aliphatic hydroxyl groups excluding tert-OH is 1. The van der Waals surface area contributed by atoms with E-state index in [1.165, 1.54) is 6.42 Å². The molecule has 3 heteroatoms. The van der Waals surface area contributed by atoms with Crippen LogP contribution in [0.4, 0.5) is 0 Å². The van der Waals surface area contributed by atoms with Gasteiger partial charge in [0.05, 0.1) is 11.5 Å². The summed E-state index contributed by atoms with van der Waals surface area (Å²) in [5.41, 5.74) is -0.585. The third kappa shape index (κ3) is 1.32. The summed E-state index contributed by atoms with van der Waals surface area (Å²) >= 11 is 0. The molecule has 3 unspecified atom stereocenters. The minimum absolute atomic E-state index is 0.364. The molecule has 15 heavy (non-hydrogen) atoms. The average molecular weight is 210 g/mol. The molecule has 0 saturated heterocycles. The van der Waals surface area contributed by atoms with Gasteiger partial charge in [-0.25, -0.2) is 0 Å².